The molecule has 0 saturated heterocycles. The van der Waals surface area contributed by atoms with Crippen LogP contribution in [0.4, 0.5) is 0 Å². The summed E-state index contributed by atoms with van der Waals surface area (Å²) in [6.45, 7) is 10.2. The first-order chi connectivity index (χ1) is 16.1. The Labute approximate surface area is 201 Å². The van der Waals surface area contributed by atoms with Crippen molar-refractivity contribution in [2.75, 3.05) is 0 Å². The Hall–Kier alpha value is -2.45. The van der Waals surface area contributed by atoms with E-state index in [2.05, 4.69) is 13.2 Å². The Balaban J connectivity index is 2.43. The lowest BCUT2D eigenvalue weighted by Gasteiger charge is -2.31. The van der Waals surface area contributed by atoms with E-state index in [9.17, 15) is 24.6 Å². The van der Waals surface area contributed by atoms with Crippen molar-refractivity contribution in [2.45, 2.75) is 96.6 Å². The van der Waals surface area contributed by atoms with Gasteiger partial charge in [0.15, 0.2) is 6.10 Å². The van der Waals surface area contributed by atoms with Gasteiger partial charge in [0.05, 0.1) is 0 Å². The molecule has 0 aliphatic heterocycles. The van der Waals surface area contributed by atoms with Crippen LogP contribution in [0.15, 0.2) is 36.1 Å². The summed E-state index contributed by atoms with van der Waals surface area (Å²) in [5.74, 6) is -6.18. The van der Waals surface area contributed by atoms with E-state index in [1.165, 1.54) is 6.92 Å². The van der Waals surface area contributed by atoms with Crippen LogP contribution in [-0.4, -0.2) is 40.2 Å². The van der Waals surface area contributed by atoms with E-state index in [1.807, 2.05) is 6.92 Å². The van der Waals surface area contributed by atoms with Crippen molar-refractivity contribution in [3.05, 3.63) is 36.1 Å². The number of esters is 3. The van der Waals surface area contributed by atoms with E-state index in [4.69, 9.17) is 14.2 Å². The first-order valence-corrected chi connectivity index (χ1v) is 12.2. The average Bonchev–Trinajstić information content (AvgIpc) is 3.50. The first kappa shape index (κ1) is 27.8. The van der Waals surface area contributed by atoms with Gasteiger partial charge in [-0.15, -0.1) is 0 Å². The Morgan fingerprint density at radius 1 is 1.03 bits per heavy atom. The van der Waals surface area contributed by atoms with Gasteiger partial charge < -0.3 is 24.4 Å². The van der Waals surface area contributed by atoms with Crippen molar-refractivity contribution in [2.24, 2.45) is 11.8 Å². The molecule has 0 amide bonds. The molecule has 2 aliphatic rings. The summed E-state index contributed by atoms with van der Waals surface area (Å²) in [6.07, 6.45) is 7.96. The summed E-state index contributed by atoms with van der Waals surface area (Å²) in [7, 11) is 0. The van der Waals surface area contributed by atoms with Gasteiger partial charge in [0.1, 0.15) is 0 Å². The topological polar surface area (TPSA) is 119 Å². The molecule has 0 spiro atoms. The number of hydrogen-bond donors (Lipinski definition) is 2. The van der Waals surface area contributed by atoms with E-state index >= 15 is 0 Å². The Morgan fingerprint density at radius 2 is 1.56 bits per heavy atom. The summed E-state index contributed by atoms with van der Waals surface area (Å²) in [5.41, 5.74) is 0.807. The zero-order valence-electron chi connectivity index (χ0n) is 20.3. The summed E-state index contributed by atoms with van der Waals surface area (Å²) >= 11 is 0. The van der Waals surface area contributed by atoms with Gasteiger partial charge in [0, 0.05) is 11.6 Å². The first-order valence-electron chi connectivity index (χ1n) is 12.2. The fourth-order valence-electron chi connectivity index (χ4n) is 4.73. The van der Waals surface area contributed by atoms with Crippen LogP contribution in [0.5, 0.6) is 0 Å². The summed E-state index contributed by atoms with van der Waals surface area (Å²) in [4.78, 5) is 37.5. The van der Waals surface area contributed by atoms with Crippen molar-refractivity contribution in [3.8, 4) is 0 Å². The third-order valence-electron chi connectivity index (χ3n) is 6.49. The minimum Gasteiger partial charge on any atom is -0.449 e. The molecule has 34 heavy (non-hydrogen) atoms. The number of allylic oxidation sites excluding steroid dienone is 1. The summed E-state index contributed by atoms with van der Waals surface area (Å²) < 4.78 is 15.6. The maximum atomic E-state index is 13.3. The van der Waals surface area contributed by atoms with Crippen LogP contribution >= 0.6 is 0 Å². The molecule has 1 atom stereocenters. The predicted octanol–water partition coefficient (Wildman–Crippen LogP) is 4.21. The highest BCUT2D eigenvalue weighted by atomic mass is 16.8. The van der Waals surface area contributed by atoms with E-state index in [0.717, 1.165) is 57.4 Å². The molecular formula is C26H38O8. The molecule has 0 aromatic heterocycles. The lowest BCUT2D eigenvalue weighted by molar-refractivity contribution is -0.358. The van der Waals surface area contributed by atoms with Crippen molar-refractivity contribution < 1.29 is 38.8 Å². The van der Waals surface area contributed by atoms with Gasteiger partial charge in [0.2, 0.25) is 5.76 Å². The highest BCUT2D eigenvalue weighted by Gasteiger charge is 2.44. The fraction of sp³-hybridized carbons (Fsp3) is 0.654. The number of ether oxygens (including phenoxy) is 3. The number of unbranched alkanes of at least 4 members (excludes halogenated alkanes) is 1. The van der Waals surface area contributed by atoms with Gasteiger partial charge in [-0.05, 0) is 62.9 Å². The molecule has 2 rings (SSSR count). The quantitative estimate of drug-likeness (QED) is 0.141. The summed E-state index contributed by atoms with van der Waals surface area (Å²) in [5, 5.41) is 21.3. The van der Waals surface area contributed by atoms with Gasteiger partial charge in [-0.2, -0.15) is 0 Å². The molecule has 2 N–H and O–H groups in total. The maximum Gasteiger partial charge on any atom is 0.378 e. The molecule has 2 fully saturated rings. The summed E-state index contributed by atoms with van der Waals surface area (Å²) in [6, 6.07) is 0. The smallest absolute Gasteiger partial charge is 0.378 e. The van der Waals surface area contributed by atoms with Crippen LogP contribution in [0.25, 0.3) is 0 Å². The lowest BCUT2D eigenvalue weighted by atomic mass is 9.84. The number of rotatable bonds is 12. The van der Waals surface area contributed by atoms with Crippen molar-refractivity contribution >= 4 is 17.9 Å². The molecular weight excluding hydrogens is 440 g/mol. The van der Waals surface area contributed by atoms with Crippen LogP contribution in [0.1, 0.15) is 84.5 Å². The third kappa shape index (κ3) is 7.53. The molecule has 190 valence electrons. The number of carbonyl (C=O) groups is 3. The van der Waals surface area contributed by atoms with Gasteiger partial charge >= 0.3 is 23.9 Å². The third-order valence-corrected chi connectivity index (χ3v) is 6.49. The van der Waals surface area contributed by atoms with E-state index in [-0.39, 0.29) is 29.6 Å². The number of aliphatic hydroxyl groups is 2. The predicted molar refractivity (Wildman–Crippen MR) is 125 cm³/mol. The molecule has 8 heteroatoms. The van der Waals surface area contributed by atoms with Crippen LogP contribution in [0.3, 0.4) is 0 Å². The zero-order valence-corrected chi connectivity index (χ0v) is 20.3. The van der Waals surface area contributed by atoms with E-state index in [1.54, 1.807) is 0 Å². The van der Waals surface area contributed by atoms with E-state index in [0.29, 0.717) is 18.4 Å². The Bertz CT molecular complexity index is 780. The molecule has 0 radical (unpaired) electrons. The largest absolute Gasteiger partial charge is 0.449 e. The van der Waals surface area contributed by atoms with Gasteiger partial charge in [0.25, 0.3) is 0 Å². The molecule has 0 heterocycles. The van der Waals surface area contributed by atoms with Gasteiger partial charge in [-0.3, -0.25) is 0 Å². The average molecular weight is 479 g/mol. The second kappa shape index (κ2) is 12.9. The van der Waals surface area contributed by atoms with E-state index < -0.39 is 30.0 Å². The normalized spacial score (nSPS) is 17.6. The Morgan fingerprint density at radius 3 is 2.00 bits per heavy atom. The molecule has 2 saturated carbocycles. The fourth-order valence-corrected chi connectivity index (χ4v) is 4.73. The Kier molecular flexibility index (Phi) is 10.5. The van der Waals surface area contributed by atoms with Crippen LogP contribution in [0, 0.1) is 11.8 Å². The van der Waals surface area contributed by atoms with Crippen molar-refractivity contribution in [1.29, 1.82) is 0 Å². The molecule has 1 unspecified atom stereocenters. The molecule has 8 nitrogen and oxygen atoms in total. The SMILES string of the molecule is C=CC(=O)OC(CCCC)C(O)(O)OC(=O)C(OC(=O)C(=C)C)=C(C1CCCC1)C1CCCC1. The molecule has 0 bridgehead atoms. The lowest BCUT2D eigenvalue weighted by Crippen LogP contribution is -2.49. The van der Waals surface area contributed by atoms with Gasteiger partial charge in [-0.1, -0.05) is 52.2 Å². The second-order valence-corrected chi connectivity index (χ2v) is 9.24. The molecule has 2 aliphatic carbocycles. The van der Waals surface area contributed by atoms with Crippen LogP contribution in [-0.2, 0) is 28.6 Å². The zero-order chi connectivity index (χ0) is 25.3. The number of carbonyl (C=O) groups excluding carboxylic acids is 3. The maximum absolute atomic E-state index is 13.3. The minimum absolute atomic E-state index is 0.0407. The van der Waals surface area contributed by atoms with Crippen molar-refractivity contribution in [1.82, 2.24) is 0 Å². The standard InChI is InChI=1S/C26H38O8/c1-5-7-16-20(32-21(27)6-2)26(30,31)34-25(29)23(33-24(28)17(3)4)22(18-12-8-9-13-18)19-14-10-11-15-19/h6,18-20,30-31H,2-3,5,7-16H2,1,4H3. The highest BCUT2D eigenvalue weighted by Crippen LogP contribution is 2.43. The molecule has 0 aromatic carbocycles. The monoisotopic (exact) mass is 478 g/mol. The highest BCUT2D eigenvalue weighted by molar-refractivity contribution is 5.95. The van der Waals surface area contributed by atoms with Gasteiger partial charge in [-0.25, -0.2) is 14.4 Å². The van der Waals surface area contributed by atoms with Crippen LogP contribution in [0.2, 0.25) is 0 Å². The van der Waals surface area contributed by atoms with Crippen molar-refractivity contribution in [3.63, 3.8) is 0 Å². The van der Waals surface area contributed by atoms with Crippen LogP contribution < -0.4 is 0 Å². The minimum atomic E-state index is -3.12. The molecule has 0 aromatic rings. The number of hydrogen-bond acceptors (Lipinski definition) is 8. The second-order valence-electron chi connectivity index (χ2n) is 9.24.